The molecule has 2 nitrogen and oxygen atoms in total. The van der Waals surface area contributed by atoms with Crippen molar-refractivity contribution >= 4 is 33.5 Å². The highest BCUT2D eigenvalue weighted by atomic mass is 127. The molecule has 17 heavy (non-hydrogen) atoms. The van der Waals surface area contributed by atoms with Crippen LogP contribution in [-0.2, 0) is 4.43 Å². The lowest BCUT2D eigenvalue weighted by Gasteiger charge is -2.09. The fourth-order valence-corrected chi connectivity index (χ4v) is 2.77. The van der Waals surface area contributed by atoms with E-state index in [1.807, 2.05) is 6.07 Å². The van der Waals surface area contributed by atoms with Gasteiger partial charge < -0.3 is 4.74 Å². The zero-order valence-electron chi connectivity index (χ0n) is 10.4. The number of nitrogens with zero attached hydrogens (tertiary/aromatic N) is 1. The minimum Gasteiger partial charge on any atom is -0.497 e. The van der Waals surface area contributed by atoms with E-state index >= 15 is 0 Å². The molecular formula is C14H17INO+. The van der Waals surface area contributed by atoms with Gasteiger partial charge in [0, 0.05) is 12.1 Å². The van der Waals surface area contributed by atoms with E-state index in [1.165, 1.54) is 16.6 Å². The molecule has 0 N–H and O–H groups in total. The number of fused-ring (bicyclic) bond motifs is 1. The lowest BCUT2D eigenvalue weighted by atomic mass is 10.1. The van der Waals surface area contributed by atoms with Gasteiger partial charge in [-0.1, -0.05) is 22.6 Å². The number of aromatic nitrogens is 1. The Kier molecular flexibility index (Phi) is 3.86. The normalized spacial score (nSPS) is 11.1. The summed E-state index contributed by atoms with van der Waals surface area (Å²) in [5.41, 5.74) is 2.63. The van der Waals surface area contributed by atoms with Gasteiger partial charge in [0.25, 0.3) is 0 Å². The summed E-state index contributed by atoms with van der Waals surface area (Å²) < 4.78 is 8.68. The van der Waals surface area contributed by atoms with Crippen molar-refractivity contribution in [2.75, 3.05) is 7.11 Å². The molecule has 1 aromatic heterocycles. The van der Waals surface area contributed by atoms with Crippen LogP contribution < -0.4 is 9.30 Å². The van der Waals surface area contributed by atoms with Gasteiger partial charge in [-0.3, -0.25) is 0 Å². The first kappa shape index (κ1) is 12.6. The number of hydrogen-bond donors (Lipinski definition) is 0. The Balaban J connectivity index is 2.72. The van der Waals surface area contributed by atoms with Gasteiger partial charge in [-0.2, -0.15) is 4.57 Å². The number of ether oxygens (including phenoxy) is 1. The van der Waals surface area contributed by atoms with Crippen molar-refractivity contribution in [3.63, 3.8) is 0 Å². The number of halogens is 1. The number of alkyl halides is 1. The van der Waals surface area contributed by atoms with Gasteiger partial charge in [0.2, 0.25) is 5.52 Å². The van der Waals surface area contributed by atoms with Crippen LogP contribution >= 0.6 is 22.6 Å². The van der Waals surface area contributed by atoms with Crippen molar-refractivity contribution in [2.45, 2.75) is 24.3 Å². The molecule has 2 rings (SSSR count). The molecule has 0 amide bonds. The summed E-state index contributed by atoms with van der Waals surface area (Å²) in [6, 6.07) is 11.1. The van der Waals surface area contributed by atoms with Gasteiger partial charge in [0.15, 0.2) is 11.7 Å². The van der Waals surface area contributed by atoms with Crippen LogP contribution in [0.5, 0.6) is 5.75 Å². The summed E-state index contributed by atoms with van der Waals surface area (Å²) in [5.74, 6) is 0.912. The van der Waals surface area contributed by atoms with Gasteiger partial charge in [0.05, 0.1) is 16.9 Å². The highest BCUT2D eigenvalue weighted by Gasteiger charge is 2.18. The third-order valence-corrected chi connectivity index (χ3v) is 3.69. The van der Waals surface area contributed by atoms with Crippen LogP contribution in [0.25, 0.3) is 10.9 Å². The van der Waals surface area contributed by atoms with Gasteiger partial charge in [-0.15, -0.1) is 0 Å². The second-order valence-corrected chi connectivity index (χ2v) is 5.11. The van der Waals surface area contributed by atoms with Crippen LogP contribution in [0.1, 0.15) is 25.6 Å². The monoisotopic (exact) mass is 342 g/mol. The predicted molar refractivity (Wildman–Crippen MR) is 78.8 cm³/mol. The SMILES string of the molecule is COc1ccc2c(ccc(CI)[n+]2C(C)C)c1. The second kappa shape index (κ2) is 5.21. The van der Waals surface area contributed by atoms with Crippen molar-refractivity contribution in [1.29, 1.82) is 0 Å². The minimum atomic E-state index is 0.469. The maximum Gasteiger partial charge on any atom is 0.213 e. The van der Waals surface area contributed by atoms with Crippen molar-refractivity contribution in [1.82, 2.24) is 0 Å². The topological polar surface area (TPSA) is 13.1 Å². The summed E-state index contributed by atoms with van der Waals surface area (Å²) in [7, 11) is 1.71. The van der Waals surface area contributed by atoms with E-state index in [4.69, 9.17) is 4.74 Å². The van der Waals surface area contributed by atoms with Crippen molar-refractivity contribution in [3.8, 4) is 5.75 Å². The first-order valence-electron chi connectivity index (χ1n) is 5.74. The van der Waals surface area contributed by atoms with E-state index < -0.39 is 0 Å². The fraction of sp³-hybridized carbons (Fsp3) is 0.357. The summed E-state index contributed by atoms with van der Waals surface area (Å²) in [5, 5.41) is 1.23. The molecule has 0 radical (unpaired) electrons. The fourth-order valence-electron chi connectivity index (χ4n) is 2.15. The Morgan fingerprint density at radius 3 is 2.59 bits per heavy atom. The van der Waals surface area contributed by atoms with Crippen molar-refractivity contribution in [3.05, 3.63) is 36.0 Å². The van der Waals surface area contributed by atoms with Crippen LogP contribution in [0.3, 0.4) is 0 Å². The molecule has 0 saturated carbocycles. The maximum absolute atomic E-state index is 5.27. The summed E-state index contributed by atoms with van der Waals surface area (Å²) in [6.45, 7) is 4.44. The first-order valence-corrected chi connectivity index (χ1v) is 7.27. The molecule has 2 aromatic rings. The molecule has 0 spiro atoms. The highest BCUT2D eigenvalue weighted by molar-refractivity contribution is 14.1. The van der Waals surface area contributed by atoms with Gasteiger partial charge in [0.1, 0.15) is 5.75 Å². The third kappa shape index (κ3) is 2.39. The minimum absolute atomic E-state index is 0.469. The molecule has 3 heteroatoms. The van der Waals surface area contributed by atoms with Crippen LogP contribution in [0.2, 0.25) is 0 Å². The number of methoxy groups -OCH3 is 1. The van der Waals surface area contributed by atoms with Crippen molar-refractivity contribution in [2.24, 2.45) is 0 Å². The molecule has 1 aromatic carbocycles. The van der Waals surface area contributed by atoms with E-state index in [9.17, 15) is 0 Å². The zero-order valence-corrected chi connectivity index (χ0v) is 12.6. The van der Waals surface area contributed by atoms with E-state index in [2.05, 4.69) is 65.3 Å². The molecule has 0 saturated heterocycles. The van der Waals surface area contributed by atoms with Gasteiger partial charge in [-0.25, -0.2) is 0 Å². The number of hydrogen-bond acceptors (Lipinski definition) is 1. The number of pyridine rings is 1. The molecular weight excluding hydrogens is 325 g/mol. The Morgan fingerprint density at radius 1 is 1.24 bits per heavy atom. The standard InChI is InChI=1S/C14H17INO/c1-10(2)16-12(9-15)5-4-11-8-13(17-3)6-7-14(11)16/h4-8,10H,9H2,1-3H3/q+1. The van der Waals surface area contributed by atoms with E-state index in [-0.39, 0.29) is 0 Å². The lowest BCUT2D eigenvalue weighted by molar-refractivity contribution is -0.697. The molecule has 0 unspecified atom stereocenters. The first-order chi connectivity index (χ1) is 8.17. The van der Waals surface area contributed by atoms with E-state index in [0.29, 0.717) is 6.04 Å². The van der Waals surface area contributed by atoms with Crippen molar-refractivity contribution < 1.29 is 9.30 Å². The van der Waals surface area contributed by atoms with Gasteiger partial charge in [-0.05, 0) is 32.0 Å². The molecule has 0 atom stereocenters. The number of rotatable bonds is 3. The van der Waals surface area contributed by atoms with E-state index in [1.54, 1.807) is 7.11 Å². The second-order valence-electron chi connectivity index (χ2n) is 4.35. The Bertz CT molecular complexity index is 537. The van der Waals surface area contributed by atoms with Crippen LogP contribution in [0.15, 0.2) is 30.3 Å². The lowest BCUT2D eigenvalue weighted by Crippen LogP contribution is -2.40. The Hall–Kier alpha value is -0.840. The summed E-state index contributed by atoms with van der Waals surface area (Å²) >= 11 is 2.41. The third-order valence-electron chi connectivity index (χ3n) is 2.91. The molecule has 0 fully saturated rings. The average Bonchev–Trinajstić information content (AvgIpc) is 2.36. The highest BCUT2D eigenvalue weighted by Crippen LogP contribution is 2.20. The Morgan fingerprint density at radius 2 is 2.00 bits per heavy atom. The molecule has 0 aliphatic rings. The van der Waals surface area contributed by atoms with Gasteiger partial charge >= 0.3 is 0 Å². The quantitative estimate of drug-likeness (QED) is 0.471. The molecule has 1 heterocycles. The number of benzene rings is 1. The van der Waals surface area contributed by atoms with Crippen LogP contribution in [0.4, 0.5) is 0 Å². The summed E-state index contributed by atoms with van der Waals surface area (Å²) in [4.78, 5) is 0. The molecule has 0 bridgehead atoms. The maximum atomic E-state index is 5.27. The average molecular weight is 342 g/mol. The van der Waals surface area contributed by atoms with E-state index in [0.717, 1.165) is 10.2 Å². The Labute approximate surface area is 116 Å². The predicted octanol–water partition coefficient (Wildman–Crippen LogP) is 3.65. The summed E-state index contributed by atoms with van der Waals surface area (Å²) in [6.07, 6.45) is 0. The molecule has 0 aliphatic carbocycles. The molecule has 0 aliphatic heterocycles. The smallest absolute Gasteiger partial charge is 0.213 e. The van der Waals surface area contributed by atoms with Crippen LogP contribution in [-0.4, -0.2) is 7.11 Å². The largest absolute Gasteiger partial charge is 0.497 e. The zero-order chi connectivity index (χ0) is 12.4. The molecule has 90 valence electrons. The van der Waals surface area contributed by atoms with Crippen LogP contribution in [0, 0.1) is 0 Å².